The van der Waals surface area contributed by atoms with Crippen molar-refractivity contribution in [2.75, 3.05) is 19.8 Å². The van der Waals surface area contributed by atoms with Crippen LogP contribution in [0, 0.1) is 5.41 Å². The first-order valence-electron chi connectivity index (χ1n) is 6.40. The first-order valence-corrected chi connectivity index (χ1v) is 7.53. The zero-order valence-corrected chi connectivity index (χ0v) is 14.1. The van der Waals surface area contributed by atoms with Gasteiger partial charge in [0.1, 0.15) is 5.75 Å². The number of amides is 1. The normalized spacial score (nSPS) is 11.3. The molecule has 0 fully saturated rings. The van der Waals surface area contributed by atoms with Crippen molar-refractivity contribution >= 4 is 40.7 Å². The van der Waals surface area contributed by atoms with Gasteiger partial charge in [-0.05, 0) is 17.9 Å². The molecule has 2 N–H and O–H groups in total. The summed E-state index contributed by atoms with van der Waals surface area (Å²) in [6, 6.07) is 2.93. The molecule has 0 atom stereocenters. The van der Waals surface area contributed by atoms with Gasteiger partial charge >= 0.3 is 0 Å². The molecule has 1 rings (SSSR count). The minimum Gasteiger partial charge on any atom is -0.482 e. The Hall–Kier alpha value is -0.680. The molecule has 0 aromatic heterocycles. The van der Waals surface area contributed by atoms with E-state index in [4.69, 9.17) is 44.6 Å². The molecule has 21 heavy (non-hydrogen) atoms. The van der Waals surface area contributed by atoms with E-state index in [9.17, 15) is 4.79 Å². The lowest BCUT2D eigenvalue weighted by molar-refractivity contribution is -0.123. The fraction of sp³-hybridized carbons (Fsp3) is 0.500. The van der Waals surface area contributed by atoms with Crippen LogP contribution in [0.5, 0.6) is 5.75 Å². The Morgan fingerprint density at radius 2 is 1.86 bits per heavy atom. The van der Waals surface area contributed by atoms with E-state index in [0.717, 1.165) is 0 Å². The molecule has 0 heterocycles. The van der Waals surface area contributed by atoms with Crippen molar-refractivity contribution in [3.05, 3.63) is 27.2 Å². The van der Waals surface area contributed by atoms with Gasteiger partial charge in [-0.2, -0.15) is 0 Å². The summed E-state index contributed by atoms with van der Waals surface area (Å²) < 4.78 is 5.32. The van der Waals surface area contributed by atoms with Gasteiger partial charge in [0.2, 0.25) is 0 Å². The van der Waals surface area contributed by atoms with Crippen LogP contribution < -0.4 is 10.1 Å². The number of rotatable bonds is 7. The summed E-state index contributed by atoms with van der Waals surface area (Å²) >= 11 is 17.6. The Balaban J connectivity index is 2.49. The molecule has 0 unspecified atom stereocenters. The summed E-state index contributed by atoms with van der Waals surface area (Å²) in [6.45, 7) is 4.27. The molecule has 4 nitrogen and oxygen atoms in total. The monoisotopic (exact) mass is 353 g/mol. The first kappa shape index (κ1) is 18.4. The van der Waals surface area contributed by atoms with Gasteiger partial charge in [0, 0.05) is 19.2 Å². The number of carbonyl (C=O) groups is 1. The predicted molar refractivity (Wildman–Crippen MR) is 85.5 cm³/mol. The van der Waals surface area contributed by atoms with Crippen molar-refractivity contribution in [1.29, 1.82) is 0 Å². The average molecular weight is 355 g/mol. The summed E-state index contributed by atoms with van der Waals surface area (Å²) in [6.07, 6.45) is 0.604. The van der Waals surface area contributed by atoms with E-state index in [-0.39, 0.29) is 29.6 Å². The van der Waals surface area contributed by atoms with Crippen LogP contribution in [0.2, 0.25) is 15.1 Å². The van der Waals surface area contributed by atoms with E-state index in [1.54, 1.807) is 0 Å². The lowest BCUT2D eigenvalue weighted by Crippen LogP contribution is -2.37. The maximum atomic E-state index is 11.7. The molecule has 0 bridgehead atoms. The van der Waals surface area contributed by atoms with Crippen LogP contribution >= 0.6 is 34.8 Å². The number of hydrogen-bond acceptors (Lipinski definition) is 3. The molecule has 0 saturated heterocycles. The van der Waals surface area contributed by atoms with Gasteiger partial charge in [0.25, 0.3) is 5.91 Å². The Bertz CT molecular complexity index is 506. The topological polar surface area (TPSA) is 58.6 Å². The summed E-state index contributed by atoms with van der Waals surface area (Å²) in [5, 5.41) is 12.6. The van der Waals surface area contributed by atoms with Crippen molar-refractivity contribution in [2.45, 2.75) is 20.3 Å². The van der Waals surface area contributed by atoms with E-state index >= 15 is 0 Å². The van der Waals surface area contributed by atoms with Gasteiger partial charge < -0.3 is 15.2 Å². The molecule has 0 aliphatic carbocycles. The Kier molecular flexibility index (Phi) is 7.07. The molecule has 1 aromatic carbocycles. The minimum atomic E-state index is -0.275. The van der Waals surface area contributed by atoms with Crippen LogP contribution in [0.25, 0.3) is 0 Å². The number of aliphatic hydroxyl groups is 1. The largest absolute Gasteiger partial charge is 0.482 e. The van der Waals surface area contributed by atoms with Gasteiger partial charge in [-0.15, -0.1) is 0 Å². The van der Waals surface area contributed by atoms with Crippen molar-refractivity contribution in [3.8, 4) is 5.75 Å². The second-order valence-corrected chi connectivity index (χ2v) is 6.62. The van der Waals surface area contributed by atoms with Crippen molar-refractivity contribution < 1.29 is 14.6 Å². The molecule has 0 aliphatic heterocycles. The molecular weight excluding hydrogens is 337 g/mol. The fourth-order valence-corrected chi connectivity index (χ4v) is 2.13. The summed E-state index contributed by atoms with van der Waals surface area (Å²) in [4.78, 5) is 11.7. The molecule has 0 radical (unpaired) electrons. The number of benzene rings is 1. The second kappa shape index (κ2) is 8.08. The van der Waals surface area contributed by atoms with Crippen LogP contribution in [0.1, 0.15) is 20.3 Å². The zero-order chi connectivity index (χ0) is 16.0. The average Bonchev–Trinajstić information content (AvgIpc) is 2.39. The lowest BCUT2D eigenvalue weighted by atomic mass is 9.90. The van der Waals surface area contributed by atoms with Crippen molar-refractivity contribution in [2.24, 2.45) is 5.41 Å². The highest BCUT2D eigenvalue weighted by molar-refractivity contribution is 6.43. The summed E-state index contributed by atoms with van der Waals surface area (Å²) in [5.74, 6) is 0.0268. The van der Waals surface area contributed by atoms with E-state index < -0.39 is 0 Å². The van der Waals surface area contributed by atoms with Gasteiger partial charge in [-0.3, -0.25) is 4.79 Å². The van der Waals surface area contributed by atoms with Crippen LogP contribution in [-0.2, 0) is 4.79 Å². The van der Waals surface area contributed by atoms with Gasteiger partial charge in [0.15, 0.2) is 6.61 Å². The summed E-state index contributed by atoms with van der Waals surface area (Å²) in [7, 11) is 0. The maximum Gasteiger partial charge on any atom is 0.257 e. The Labute approximate surface area is 139 Å². The molecule has 0 saturated carbocycles. The van der Waals surface area contributed by atoms with Crippen LogP contribution in [0.3, 0.4) is 0 Å². The molecule has 0 aliphatic rings. The van der Waals surface area contributed by atoms with Gasteiger partial charge in [-0.25, -0.2) is 0 Å². The highest BCUT2D eigenvalue weighted by atomic mass is 35.5. The third-order valence-corrected chi connectivity index (χ3v) is 3.90. The smallest absolute Gasteiger partial charge is 0.257 e. The van der Waals surface area contributed by atoms with Gasteiger partial charge in [0.05, 0.1) is 15.1 Å². The number of halogens is 3. The number of carbonyl (C=O) groups excluding carboxylic acids is 1. The second-order valence-electron chi connectivity index (χ2n) is 5.40. The van der Waals surface area contributed by atoms with Crippen molar-refractivity contribution in [1.82, 2.24) is 5.32 Å². The quantitative estimate of drug-likeness (QED) is 0.736. The van der Waals surface area contributed by atoms with E-state index in [1.807, 2.05) is 13.8 Å². The third-order valence-electron chi connectivity index (χ3n) is 2.89. The number of ether oxygens (including phenoxy) is 1. The minimum absolute atomic E-state index is 0.0816. The first-order chi connectivity index (χ1) is 9.75. The summed E-state index contributed by atoms with van der Waals surface area (Å²) in [5.41, 5.74) is -0.175. The van der Waals surface area contributed by atoms with E-state index in [0.29, 0.717) is 28.8 Å². The number of aliphatic hydroxyl groups excluding tert-OH is 1. The number of hydrogen-bond donors (Lipinski definition) is 2. The molecular formula is C14H18Cl3NO3. The third kappa shape index (κ3) is 6.30. The molecule has 118 valence electrons. The SMILES string of the molecule is CC(C)(CCO)CNC(=O)COc1cc(Cl)c(Cl)cc1Cl. The molecule has 1 amide bonds. The predicted octanol–water partition coefficient (Wildman–Crippen LogP) is 3.55. The Morgan fingerprint density at radius 3 is 2.48 bits per heavy atom. The molecule has 7 heteroatoms. The fourth-order valence-electron chi connectivity index (χ4n) is 1.54. The standard InChI is InChI=1S/C14H18Cl3NO3/c1-14(2,3-4-19)8-18-13(20)7-21-12-6-10(16)9(15)5-11(12)17/h5-6,19H,3-4,7-8H2,1-2H3,(H,18,20). The van der Waals surface area contributed by atoms with Crippen molar-refractivity contribution in [3.63, 3.8) is 0 Å². The van der Waals surface area contributed by atoms with Crippen LogP contribution in [0.15, 0.2) is 12.1 Å². The van der Waals surface area contributed by atoms with E-state index in [1.165, 1.54) is 12.1 Å². The maximum absolute atomic E-state index is 11.7. The van der Waals surface area contributed by atoms with Crippen LogP contribution in [-0.4, -0.2) is 30.8 Å². The molecule has 0 spiro atoms. The zero-order valence-electron chi connectivity index (χ0n) is 11.9. The highest BCUT2D eigenvalue weighted by Crippen LogP contribution is 2.33. The lowest BCUT2D eigenvalue weighted by Gasteiger charge is -2.23. The Morgan fingerprint density at radius 1 is 1.24 bits per heavy atom. The molecule has 1 aromatic rings. The highest BCUT2D eigenvalue weighted by Gasteiger charge is 2.18. The van der Waals surface area contributed by atoms with Crippen LogP contribution in [0.4, 0.5) is 0 Å². The number of nitrogens with one attached hydrogen (secondary N) is 1. The van der Waals surface area contributed by atoms with Gasteiger partial charge in [-0.1, -0.05) is 48.7 Å². The van der Waals surface area contributed by atoms with E-state index in [2.05, 4.69) is 5.32 Å².